The van der Waals surface area contributed by atoms with Gasteiger partial charge in [0.05, 0.1) is 25.1 Å². The third-order valence-electron chi connectivity index (χ3n) is 7.62. The summed E-state index contributed by atoms with van der Waals surface area (Å²) >= 11 is 13.1. The fourth-order valence-corrected chi connectivity index (χ4v) is 6.20. The van der Waals surface area contributed by atoms with Crippen molar-refractivity contribution in [2.24, 2.45) is 0 Å². The minimum absolute atomic E-state index is 0. The van der Waals surface area contributed by atoms with Gasteiger partial charge in [0.25, 0.3) is 5.91 Å². The number of amides is 1. The minimum Gasteiger partial charge on any atom is -0.456 e. The Labute approximate surface area is 379 Å². The smallest absolute Gasteiger partial charge is 0.257 e. The van der Waals surface area contributed by atoms with Gasteiger partial charge in [0, 0.05) is 96.3 Å². The van der Waals surface area contributed by atoms with Gasteiger partial charge in [-0.05, 0) is 130 Å². The van der Waals surface area contributed by atoms with Crippen LogP contribution >= 0.6 is 54.8 Å². The molecular formula is C43H53Br2ClN8O5S. The van der Waals surface area contributed by atoms with Gasteiger partial charge >= 0.3 is 0 Å². The van der Waals surface area contributed by atoms with E-state index >= 15 is 0 Å². The van der Waals surface area contributed by atoms with Crippen LogP contribution in [-0.4, -0.2) is 84.4 Å². The molecule has 0 unspecified atom stereocenters. The van der Waals surface area contributed by atoms with Gasteiger partial charge in [0.2, 0.25) is 0 Å². The summed E-state index contributed by atoms with van der Waals surface area (Å²) < 4.78 is 22.5. The lowest BCUT2D eigenvalue weighted by molar-refractivity contribution is 0.102. The van der Waals surface area contributed by atoms with Crippen LogP contribution in [0.15, 0.2) is 106 Å². The van der Waals surface area contributed by atoms with Crippen molar-refractivity contribution in [3.05, 3.63) is 128 Å². The van der Waals surface area contributed by atoms with E-state index in [4.69, 9.17) is 31.5 Å². The Bertz CT molecular complexity index is 2040. The fraction of sp³-hybridized carbons (Fsp3) is 0.302. The molecule has 0 saturated heterocycles. The number of nitrogens with two attached hydrogens (primary N) is 1. The first-order chi connectivity index (χ1) is 28.6. The maximum atomic E-state index is 12.4. The van der Waals surface area contributed by atoms with Crippen LogP contribution in [-0.2, 0) is 20.6 Å². The Morgan fingerprint density at radius 3 is 2.02 bits per heavy atom. The van der Waals surface area contributed by atoms with E-state index in [9.17, 15) is 4.79 Å². The quantitative estimate of drug-likeness (QED) is 0.0659. The number of nitrogens with zero attached hydrogens (tertiary/aromatic N) is 5. The number of ether oxygens (including phenoxy) is 4. The van der Waals surface area contributed by atoms with Gasteiger partial charge in [0.15, 0.2) is 5.13 Å². The van der Waals surface area contributed by atoms with E-state index in [1.165, 1.54) is 11.3 Å². The highest BCUT2D eigenvalue weighted by molar-refractivity contribution is 9.10. The van der Waals surface area contributed by atoms with E-state index in [1.807, 2.05) is 67.9 Å². The van der Waals surface area contributed by atoms with Crippen molar-refractivity contribution in [1.29, 1.82) is 0 Å². The molecule has 6 rings (SSSR count). The Kier molecular flexibility index (Phi) is 25.5. The van der Waals surface area contributed by atoms with Crippen LogP contribution in [0.2, 0.25) is 0 Å². The van der Waals surface area contributed by atoms with E-state index < -0.39 is 0 Å². The van der Waals surface area contributed by atoms with Crippen molar-refractivity contribution in [2.45, 2.75) is 34.1 Å². The number of carbonyl (C=O) groups excluding carboxylic acids is 1. The number of hydrogen-bond donors (Lipinski definition) is 3. The van der Waals surface area contributed by atoms with Crippen LogP contribution in [0.4, 0.5) is 16.8 Å². The van der Waals surface area contributed by atoms with Crippen molar-refractivity contribution in [2.75, 3.05) is 69.9 Å². The molecule has 6 aromatic rings. The van der Waals surface area contributed by atoms with Crippen LogP contribution in [0, 0.1) is 13.8 Å². The number of nitrogens with one attached hydrogen (secondary N) is 2. The molecule has 0 saturated carbocycles. The van der Waals surface area contributed by atoms with Crippen molar-refractivity contribution < 1.29 is 23.7 Å². The summed E-state index contributed by atoms with van der Waals surface area (Å²) in [4.78, 5) is 33.4. The maximum Gasteiger partial charge on any atom is 0.257 e. The summed E-state index contributed by atoms with van der Waals surface area (Å²) in [7, 11) is 5.01. The molecule has 17 heteroatoms. The van der Waals surface area contributed by atoms with E-state index in [2.05, 4.69) is 72.2 Å². The second-order valence-corrected chi connectivity index (χ2v) is 15.3. The SMILES string of the molecule is C.COCCCc1ccc(Br)cn1.COCCCl.COCCNc1ccc(Oc2cc(C)c(-c3csc(NC(=O)c4ccncc4)n3)c(C)c2)cn1.Nc1ccc(Br)cn1. The number of pyridine rings is 4. The summed E-state index contributed by atoms with van der Waals surface area (Å²) in [5, 5.41) is 8.51. The molecule has 0 atom stereocenters. The first kappa shape index (κ1) is 51.6. The maximum absolute atomic E-state index is 12.4. The monoisotopic (exact) mass is 986 g/mol. The number of halogens is 3. The van der Waals surface area contributed by atoms with Gasteiger partial charge in [-0.2, -0.15) is 0 Å². The highest BCUT2D eigenvalue weighted by Gasteiger charge is 2.14. The number of nitrogen functional groups attached to an aromatic ring is 1. The van der Waals surface area contributed by atoms with Gasteiger partial charge in [-0.25, -0.2) is 15.0 Å². The predicted octanol–water partition coefficient (Wildman–Crippen LogP) is 10.7. The van der Waals surface area contributed by atoms with Gasteiger partial charge in [0.1, 0.15) is 23.1 Å². The summed E-state index contributed by atoms with van der Waals surface area (Å²) in [5.74, 6) is 3.07. The van der Waals surface area contributed by atoms with Crippen molar-refractivity contribution in [1.82, 2.24) is 24.9 Å². The molecule has 0 aliphatic carbocycles. The average molecular weight is 989 g/mol. The molecule has 0 fully saturated rings. The van der Waals surface area contributed by atoms with E-state index in [-0.39, 0.29) is 13.3 Å². The number of methoxy groups -OCH3 is 3. The topological polar surface area (TPSA) is 169 Å². The molecule has 1 amide bonds. The molecule has 4 N–H and O–H groups in total. The van der Waals surface area contributed by atoms with Gasteiger partial charge < -0.3 is 30.0 Å². The lowest BCUT2D eigenvalue weighted by atomic mass is 10.0. The highest BCUT2D eigenvalue weighted by atomic mass is 79.9. The Hall–Kier alpha value is -4.55. The molecule has 0 bridgehead atoms. The molecular weight excluding hydrogens is 936 g/mol. The first-order valence-electron chi connectivity index (χ1n) is 18.2. The van der Waals surface area contributed by atoms with Gasteiger partial charge in [-0.3, -0.25) is 20.1 Å². The molecule has 13 nitrogen and oxygen atoms in total. The Morgan fingerprint density at radius 1 is 0.817 bits per heavy atom. The van der Waals surface area contributed by atoms with Crippen molar-refractivity contribution in [3.63, 3.8) is 0 Å². The van der Waals surface area contributed by atoms with E-state index in [0.29, 0.717) is 47.9 Å². The normalized spacial score (nSPS) is 10.0. The van der Waals surface area contributed by atoms with E-state index in [1.54, 1.807) is 64.3 Å². The average Bonchev–Trinajstić information content (AvgIpc) is 3.69. The number of alkyl halides is 1. The second kappa shape index (κ2) is 29.6. The number of aryl methyl sites for hydroxylation is 3. The molecule has 322 valence electrons. The molecule has 5 aromatic heterocycles. The predicted molar refractivity (Wildman–Crippen MR) is 252 cm³/mol. The number of aromatic nitrogens is 5. The molecule has 0 spiro atoms. The number of anilines is 3. The summed E-state index contributed by atoms with van der Waals surface area (Å²) in [6.45, 7) is 6.80. The van der Waals surface area contributed by atoms with Gasteiger partial charge in [-0.15, -0.1) is 22.9 Å². The molecule has 0 aliphatic heterocycles. The van der Waals surface area contributed by atoms with Crippen LogP contribution in [0.5, 0.6) is 11.5 Å². The second-order valence-electron chi connectivity index (χ2n) is 12.2. The van der Waals surface area contributed by atoms with Gasteiger partial charge in [-0.1, -0.05) is 7.43 Å². The summed E-state index contributed by atoms with van der Waals surface area (Å²) in [5.41, 5.74) is 10.8. The third kappa shape index (κ3) is 19.7. The zero-order valence-corrected chi connectivity index (χ0v) is 38.3. The van der Waals surface area contributed by atoms with Crippen molar-refractivity contribution >= 4 is 77.5 Å². The first-order valence-corrected chi connectivity index (χ1v) is 21.2. The molecule has 1 aromatic carbocycles. The number of carbonyl (C=O) groups is 1. The Morgan fingerprint density at radius 2 is 1.48 bits per heavy atom. The Balaban J connectivity index is 0.000000386. The summed E-state index contributed by atoms with van der Waals surface area (Å²) in [6, 6.07) is 18.6. The van der Waals surface area contributed by atoms with E-state index in [0.717, 1.165) is 68.0 Å². The zero-order valence-electron chi connectivity index (χ0n) is 33.6. The fourth-order valence-electron chi connectivity index (χ4n) is 4.88. The molecule has 0 radical (unpaired) electrons. The molecule has 60 heavy (non-hydrogen) atoms. The molecule has 5 heterocycles. The van der Waals surface area contributed by atoms with Crippen LogP contribution in [0.1, 0.15) is 41.0 Å². The highest BCUT2D eigenvalue weighted by Crippen LogP contribution is 2.34. The lowest BCUT2D eigenvalue weighted by Crippen LogP contribution is -2.11. The lowest BCUT2D eigenvalue weighted by Gasteiger charge is -2.12. The largest absolute Gasteiger partial charge is 0.456 e. The van der Waals surface area contributed by atoms with Crippen LogP contribution in [0.25, 0.3) is 11.3 Å². The summed E-state index contributed by atoms with van der Waals surface area (Å²) in [6.07, 6.45) is 10.4. The zero-order chi connectivity index (χ0) is 42.8. The molecule has 0 aliphatic rings. The number of thiazole rings is 1. The third-order valence-corrected chi connectivity index (χ3v) is 9.47. The van der Waals surface area contributed by atoms with Crippen LogP contribution in [0.3, 0.4) is 0 Å². The van der Waals surface area contributed by atoms with Crippen molar-refractivity contribution in [3.8, 4) is 22.8 Å². The minimum atomic E-state index is -0.214. The standard InChI is InChI=1S/C25H25N5O3S.C9H12BrNO.C5H5BrN2.C3H7ClO.CH4/c1-16-12-20(33-19-4-5-22(28-14-19)27-10-11-32-3)13-17(2)23(16)21-15-34-25(29-21)30-24(31)18-6-8-26-9-7-18;1-12-6-2-3-9-5-4-8(10)7-11-9;6-4-1-2-5(7)8-3-4;1-5-3-2-4;/h4-9,12-15H,10-11H2,1-3H3,(H,27,28)(H,29,30,31);4-5,7H,2-3,6H2,1H3;1-3H,(H2,7,8);2-3H2,1H3;1H4. The van der Waals surface area contributed by atoms with Crippen LogP contribution < -0.4 is 21.1 Å². The number of benzene rings is 1. The number of hydrogen-bond acceptors (Lipinski definition) is 13. The number of rotatable bonds is 15.